The van der Waals surface area contributed by atoms with E-state index >= 15 is 0 Å². The van der Waals surface area contributed by atoms with Gasteiger partial charge in [-0.25, -0.2) is 0 Å². The Bertz CT molecular complexity index is 605. The summed E-state index contributed by atoms with van der Waals surface area (Å²) in [5, 5.41) is 0. The predicted molar refractivity (Wildman–Crippen MR) is 109 cm³/mol. The number of hydrogen-bond acceptors (Lipinski definition) is 1. The van der Waals surface area contributed by atoms with Crippen molar-refractivity contribution >= 4 is 5.78 Å². The second kappa shape index (κ2) is 5.95. The summed E-state index contributed by atoms with van der Waals surface area (Å²) < 4.78 is 0. The van der Waals surface area contributed by atoms with Crippen LogP contribution in [0.5, 0.6) is 0 Å². The summed E-state index contributed by atoms with van der Waals surface area (Å²) in [5.74, 6) is 4.99. The van der Waals surface area contributed by atoms with Crippen molar-refractivity contribution in [2.45, 2.75) is 86.0 Å². The van der Waals surface area contributed by atoms with E-state index in [2.05, 4.69) is 47.3 Å². The minimum Gasteiger partial charge on any atom is -0.299 e. The van der Waals surface area contributed by atoms with E-state index in [1.165, 1.54) is 38.5 Å². The van der Waals surface area contributed by atoms with Crippen molar-refractivity contribution in [2.75, 3.05) is 0 Å². The molecule has 4 saturated carbocycles. The lowest BCUT2D eigenvalue weighted by Gasteiger charge is -2.45. The van der Waals surface area contributed by atoms with Crippen LogP contribution in [0.3, 0.4) is 0 Å². The number of carbonyl (C=O) groups excluding carboxylic acids is 1. The van der Waals surface area contributed by atoms with Crippen molar-refractivity contribution < 1.29 is 4.79 Å². The summed E-state index contributed by atoms with van der Waals surface area (Å²) in [4.78, 5) is 13.2. The molecule has 0 amide bonds. The van der Waals surface area contributed by atoms with E-state index in [-0.39, 0.29) is 5.41 Å². The van der Waals surface area contributed by atoms with Gasteiger partial charge in [0.1, 0.15) is 5.78 Å². The summed E-state index contributed by atoms with van der Waals surface area (Å²) >= 11 is 0. The molecule has 0 radical (unpaired) electrons. The summed E-state index contributed by atoms with van der Waals surface area (Å²) in [7, 11) is 0. The first-order valence-corrected chi connectivity index (χ1v) is 11.4. The molecule has 0 aliphatic heterocycles. The van der Waals surface area contributed by atoms with E-state index in [4.69, 9.17) is 0 Å². The van der Waals surface area contributed by atoms with Gasteiger partial charge < -0.3 is 0 Å². The van der Waals surface area contributed by atoms with Gasteiger partial charge in [-0.15, -0.1) is 6.58 Å². The van der Waals surface area contributed by atoms with Crippen LogP contribution in [-0.2, 0) is 4.79 Å². The molecule has 1 nitrogen and oxygen atoms in total. The molecule has 0 bridgehead atoms. The van der Waals surface area contributed by atoms with Gasteiger partial charge in [-0.2, -0.15) is 0 Å². The number of allylic oxidation sites excluding steroid dienone is 1. The zero-order chi connectivity index (χ0) is 18.9. The molecule has 0 unspecified atom stereocenters. The van der Waals surface area contributed by atoms with Gasteiger partial charge in [-0.1, -0.05) is 40.7 Å². The fraction of sp³-hybridized carbons (Fsp3) is 0.880. The largest absolute Gasteiger partial charge is 0.299 e. The van der Waals surface area contributed by atoms with Gasteiger partial charge >= 0.3 is 0 Å². The zero-order valence-corrected chi connectivity index (χ0v) is 17.8. The first kappa shape index (κ1) is 18.8. The van der Waals surface area contributed by atoms with Crippen LogP contribution in [0.1, 0.15) is 86.0 Å². The first-order chi connectivity index (χ1) is 12.2. The predicted octanol–water partition coefficient (Wildman–Crippen LogP) is 6.67. The highest BCUT2D eigenvalue weighted by molar-refractivity contribution is 5.89. The highest BCUT2D eigenvalue weighted by Gasteiger charge is 2.71. The van der Waals surface area contributed by atoms with Crippen molar-refractivity contribution in [3.05, 3.63) is 12.7 Å². The third-order valence-electron chi connectivity index (χ3n) is 10.3. The highest BCUT2D eigenvalue weighted by atomic mass is 16.1. The number of Topliss-reactive ketones (excluding diaryl/α,β-unsaturated/α-hetero) is 1. The minimum absolute atomic E-state index is 0.0107. The summed E-state index contributed by atoms with van der Waals surface area (Å²) in [6, 6.07) is 0. The Kier molecular flexibility index (Phi) is 4.29. The lowest BCUT2D eigenvalue weighted by atomic mass is 9.58. The summed E-state index contributed by atoms with van der Waals surface area (Å²) in [5.41, 5.74) is 0.665. The highest BCUT2D eigenvalue weighted by Crippen LogP contribution is 2.75. The molecule has 0 saturated heterocycles. The van der Waals surface area contributed by atoms with E-state index in [0.29, 0.717) is 28.4 Å². The maximum absolute atomic E-state index is 13.2. The lowest BCUT2D eigenvalue weighted by Crippen LogP contribution is -2.42. The monoisotopic (exact) mass is 356 g/mol. The Morgan fingerprint density at radius 1 is 1.15 bits per heavy atom. The van der Waals surface area contributed by atoms with Gasteiger partial charge in [0.2, 0.25) is 0 Å². The Hall–Kier alpha value is -0.590. The van der Waals surface area contributed by atoms with Crippen LogP contribution in [-0.4, -0.2) is 5.78 Å². The van der Waals surface area contributed by atoms with Gasteiger partial charge in [0.05, 0.1) is 0 Å². The Labute approximate surface area is 161 Å². The number of rotatable bonds is 4. The molecule has 0 aromatic rings. The second-order valence-corrected chi connectivity index (χ2v) is 11.4. The molecule has 4 rings (SSSR count). The molecule has 4 aliphatic rings. The van der Waals surface area contributed by atoms with E-state index in [1.54, 1.807) is 0 Å². The van der Waals surface area contributed by atoms with Crippen LogP contribution in [0.25, 0.3) is 0 Å². The van der Waals surface area contributed by atoms with Crippen molar-refractivity contribution in [2.24, 2.45) is 51.8 Å². The van der Waals surface area contributed by atoms with Crippen LogP contribution in [0.2, 0.25) is 0 Å². The molecule has 0 heterocycles. The average molecular weight is 357 g/mol. The topological polar surface area (TPSA) is 17.1 Å². The summed E-state index contributed by atoms with van der Waals surface area (Å²) in [6.45, 7) is 16.4. The molecular weight excluding hydrogens is 316 g/mol. The third kappa shape index (κ3) is 2.18. The van der Waals surface area contributed by atoms with Gasteiger partial charge in [-0.3, -0.25) is 4.79 Å². The second-order valence-electron chi connectivity index (χ2n) is 11.4. The van der Waals surface area contributed by atoms with Crippen LogP contribution in [0, 0.1) is 51.8 Å². The van der Waals surface area contributed by atoms with Crippen molar-refractivity contribution in [1.82, 2.24) is 0 Å². The van der Waals surface area contributed by atoms with E-state index in [9.17, 15) is 4.79 Å². The Morgan fingerprint density at radius 3 is 2.54 bits per heavy atom. The van der Waals surface area contributed by atoms with Gasteiger partial charge in [-0.05, 0) is 91.3 Å². The lowest BCUT2D eigenvalue weighted by molar-refractivity contribution is -0.128. The van der Waals surface area contributed by atoms with Crippen LogP contribution < -0.4 is 0 Å². The van der Waals surface area contributed by atoms with Crippen molar-refractivity contribution in [3.8, 4) is 0 Å². The Morgan fingerprint density at radius 2 is 1.88 bits per heavy atom. The molecule has 4 fully saturated rings. The van der Waals surface area contributed by atoms with Crippen molar-refractivity contribution in [3.63, 3.8) is 0 Å². The number of carbonyl (C=O) groups is 1. The molecule has 1 heteroatoms. The quantitative estimate of drug-likeness (QED) is 0.514. The number of ketones is 1. The molecule has 0 aromatic carbocycles. The average Bonchev–Trinajstić information content (AvgIpc) is 3.23. The maximum atomic E-state index is 13.2. The zero-order valence-electron chi connectivity index (χ0n) is 17.8. The smallest absolute Gasteiger partial charge is 0.139 e. The third-order valence-corrected chi connectivity index (χ3v) is 10.3. The fourth-order valence-corrected chi connectivity index (χ4v) is 8.87. The van der Waals surface area contributed by atoms with Crippen LogP contribution in [0.15, 0.2) is 12.7 Å². The van der Waals surface area contributed by atoms with E-state index in [0.717, 1.165) is 36.5 Å². The van der Waals surface area contributed by atoms with Crippen LogP contribution >= 0.6 is 0 Å². The van der Waals surface area contributed by atoms with E-state index in [1.807, 2.05) is 0 Å². The minimum atomic E-state index is -0.0107. The molecule has 8 atom stereocenters. The van der Waals surface area contributed by atoms with Gasteiger partial charge in [0.15, 0.2) is 0 Å². The van der Waals surface area contributed by atoms with Crippen LogP contribution in [0.4, 0.5) is 0 Å². The normalized spacial score (nSPS) is 53.3. The Balaban J connectivity index is 1.66. The van der Waals surface area contributed by atoms with Gasteiger partial charge in [0.25, 0.3) is 0 Å². The standard InChI is InChI=1S/C25H40O/c1-7-20-19(16(2)3)9-11-23(20,5)15-18-14-22(26)24(6)12-10-21-17(4)8-13-25(18,21)24/h7,16-21H,1,8-15H2,2-6H3/t17-,18-,19+,20-,21+,23-,24+,25+/m1/s1. The molecular formula is C25H40O. The number of hydrogen-bond donors (Lipinski definition) is 0. The molecule has 26 heavy (non-hydrogen) atoms. The SMILES string of the molecule is C=C[C@@H]1[C@H](C(C)C)CC[C@]1(C)C[C@H]1CC(=O)[C@]2(C)CC[C@H]3[C@H](C)CC[C@]132. The first-order valence-electron chi connectivity index (χ1n) is 11.4. The molecule has 0 N–H and O–H groups in total. The maximum Gasteiger partial charge on any atom is 0.139 e. The molecule has 1 spiro atoms. The van der Waals surface area contributed by atoms with E-state index < -0.39 is 0 Å². The summed E-state index contributed by atoms with van der Waals surface area (Å²) in [6.07, 6.45) is 12.2. The molecule has 146 valence electrons. The van der Waals surface area contributed by atoms with Gasteiger partial charge in [0, 0.05) is 11.8 Å². The van der Waals surface area contributed by atoms with Crippen molar-refractivity contribution in [1.29, 1.82) is 0 Å². The molecule has 4 aliphatic carbocycles. The fourth-order valence-electron chi connectivity index (χ4n) is 8.87. The molecule has 0 aromatic heterocycles.